The Bertz CT molecular complexity index is 228. The summed E-state index contributed by atoms with van der Waals surface area (Å²) in [7, 11) is 0. The van der Waals surface area contributed by atoms with E-state index in [9.17, 15) is 9.59 Å². The van der Waals surface area contributed by atoms with Crippen molar-refractivity contribution >= 4 is 11.9 Å². The highest BCUT2D eigenvalue weighted by molar-refractivity contribution is 5.72. The zero-order valence-electron chi connectivity index (χ0n) is 10.4. The number of hydrogen-bond acceptors (Lipinski definition) is 4. The summed E-state index contributed by atoms with van der Waals surface area (Å²) in [6.45, 7) is 7.53. The first-order chi connectivity index (χ1) is 7.45. The Morgan fingerprint density at radius 2 is 1.19 bits per heavy atom. The fraction of sp³-hybridized carbons (Fsp3) is 0.667. The van der Waals surface area contributed by atoms with Crippen LogP contribution >= 0.6 is 0 Å². The van der Waals surface area contributed by atoms with Crippen LogP contribution in [0.25, 0.3) is 0 Å². The maximum Gasteiger partial charge on any atom is 0.308 e. The molecule has 0 aliphatic heterocycles. The highest BCUT2D eigenvalue weighted by atomic mass is 16.5. The molecule has 0 unspecified atom stereocenters. The van der Waals surface area contributed by atoms with Gasteiger partial charge in [-0.1, -0.05) is 27.7 Å². The largest absolute Gasteiger partial charge is 0.461 e. The van der Waals surface area contributed by atoms with E-state index < -0.39 is 0 Å². The molecule has 0 aromatic carbocycles. The molecule has 0 fully saturated rings. The third-order valence-corrected chi connectivity index (χ3v) is 1.75. The van der Waals surface area contributed by atoms with Gasteiger partial charge >= 0.3 is 11.9 Å². The maximum atomic E-state index is 11.0. The Labute approximate surface area is 96.6 Å². The molecule has 0 aliphatic rings. The van der Waals surface area contributed by atoms with Crippen molar-refractivity contribution in [3.8, 4) is 0 Å². The highest BCUT2D eigenvalue weighted by Crippen LogP contribution is 1.97. The number of carbonyl (C=O) groups is 2. The number of carbonyl (C=O) groups excluding carboxylic acids is 2. The van der Waals surface area contributed by atoms with Crippen LogP contribution in [0.15, 0.2) is 12.2 Å². The van der Waals surface area contributed by atoms with E-state index in [-0.39, 0.29) is 37.0 Å². The number of esters is 2. The minimum Gasteiger partial charge on any atom is -0.461 e. The topological polar surface area (TPSA) is 52.6 Å². The molecule has 0 heterocycles. The smallest absolute Gasteiger partial charge is 0.308 e. The number of hydrogen-bond donors (Lipinski definition) is 0. The van der Waals surface area contributed by atoms with Gasteiger partial charge in [-0.05, 0) is 12.2 Å². The van der Waals surface area contributed by atoms with Gasteiger partial charge in [0, 0.05) is 0 Å². The van der Waals surface area contributed by atoms with Gasteiger partial charge in [0.2, 0.25) is 0 Å². The van der Waals surface area contributed by atoms with Crippen molar-refractivity contribution in [1.29, 1.82) is 0 Å². The van der Waals surface area contributed by atoms with E-state index in [4.69, 9.17) is 9.47 Å². The van der Waals surface area contributed by atoms with Crippen molar-refractivity contribution in [3.05, 3.63) is 12.2 Å². The van der Waals surface area contributed by atoms with Gasteiger partial charge in [0.05, 0.1) is 11.8 Å². The van der Waals surface area contributed by atoms with E-state index in [0.717, 1.165) is 0 Å². The second kappa shape index (κ2) is 7.91. The van der Waals surface area contributed by atoms with Gasteiger partial charge in [-0.3, -0.25) is 9.59 Å². The van der Waals surface area contributed by atoms with Gasteiger partial charge in [0.1, 0.15) is 13.2 Å². The van der Waals surface area contributed by atoms with Crippen molar-refractivity contribution in [2.24, 2.45) is 11.8 Å². The molecule has 4 heteroatoms. The van der Waals surface area contributed by atoms with Crippen LogP contribution in [0.2, 0.25) is 0 Å². The summed E-state index contributed by atoms with van der Waals surface area (Å²) in [4.78, 5) is 22.1. The van der Waals surface area contributed by atoms with E-state index in [2.05, 4.69) is 0 Å². The van der Waals surface area contributed by atoms with Crippen molar-refractivity contribution < 1.29 is 19.1 Å². The van der Waals surface area contributed by atoms with Crippen LogP contribution in [0.4, 0.5) is 0 Å². The predicted octanol–water partition coefficient (Wildman–Crippen LogP) is 1.94. The highest BCUT2D eigenvalue weighted by Gasteiger charge is 2.07. The van der Waals surface area contributed by atoms with Crippen LogP contribution in [-0.2, 0) is 19.1 Å². The summed E-state index contributed by atoms with van der Waals surface area (Å²) >= 11 is 0. The fourth-order valence-corrected chi connectivity index (χ4v) is 0.730. The zero-order valence-corrected chi connectivity index (χ0v) is 10.4. The van der Waals surface area contributed by atoms with Crippen LogP contribution in [0.1, 0.15) is 27.7 Å². The van der Waals surface area contributed by atoms with Gasteiger partial charge in [0.25, 0.3) is 0 Å². The quantitative estimate of drug-likeness (QED) is 0.515. The van der Waals surface area contributed by atoms with Gasteiger partial charge < -0.3 is 9.47 Å². The Hall–Kier alpha value is -1.32. The maximum absolute atomic E-state index is 11.0. The molecule has 0 amide bonds. The molecular formula is C12H20O4. The monoisotopic (exact) mass is 228 g/mol. The summed E-state index contributed by atoms with van der Waals surface area (Å²) < 4.78 is 9.78. The van der Waals surface area contributed by atoms with E-state index in [1.54, 1.807) is 39.8 Å². The van der Waals surface area contributed by atoms with Gasteiger partial charge in [-0.25, -0.2) is 0 Å². The van der Waals surface area contributed by atoms with E-state index in [1.807, 2.05) is 0 Å². The molecule has 0 bridgehead atoms. The lowest BCUT2D eigenvalue weighted by Crippen LogP contribution is -2.12. The van der Waals surface area contributed by atoms with Crippen molar-refractivity contribution in [1.82, 2.24) is 0 Å². The molecule has 0 saturated heterocycles. The fourth-order valence-electron chi connectivity index (χ4n) is 0.730. The number of rotatable bonds is 6. The second-order valence-corrected chi connectivity index (χ2v) is 4.04. The van der Waals surface area contributed by atoms with E-state index >= 15 is 0 Å². The first-order valence-corrected chi connectivity index (χ1v) is 5.43. The molecule has 0 saturated carbocycles. The normalized spacial score (nSPS) is 11.1. The third-order valence-electron chi connectivity index (χ3n) is 1.75. The van der Waals surface area contributed by atoms with Gasteiger partial charge in [-0.15, -0.1) is 0 Å². The van der Waals surface area contributed by atoms with Crippen molar-refractivity contribution in [2.75, 3.05) is 13.2 Å². The molecule has 0 aromatic heterocycles. The van der Waals surface area contributed by atoms with Gasteiger partial charge in [0.15, 0.2) is 0 Å². The molecule has 4 nitrogen and oxygen atoms in total. The third kappa shape index (κ3) is 7.04. The van der Waals surface area contributed by atoms with Gasteiger partial charge in [-0.2, -0.15) is 0 Å². The lowest BCUT2D eigenvalue weighted by atomic mass is 10.2. The summed E-state index contributed by atoms with van der Waals surface area (Å²) in [6.07, 6.45) is 3.32. The van der Waals surface area contributed by atoms with Crippen LogP contribution in [0, 0.1) is 11.8 Å². The average Bonchev–Trinajstić information content (AvgIpc) is 2.21. The van der Waals surface area contributed by atoms with Crippen LogP contribution in [0.5, 0.6) is 0 Å². The second-order valence-electron chi connectivity index (χ2n) is 4.04. The molecule has 0 aromatic rings. The molecular weight excluding hydrogens is 208 g/mol. The van der Waals surface area contributed by atoms with Crippen LogP contribution in [0.3, 0.4) is 0 Å². The van der Waals surface area contributed by atoms with E-state index in [0.29, 0.717) is 0 Å². The summed E-state index contributed by atoms with van der Waals surface area (Å²) in [6, 6.07) is 0. The Morgan fingerprint density at radius 1 is 0.875 bits per heavy atom. The van der Waals surface area contributed by atoms with Crippen molar-refractivity contribution in [2.45, 2.75) is 27.7 Å². The molecule has 0 spiro atoms. The van der Waals surface area contributed by atoms with Crippen LogP contribution in [-0.4, -0.2) is 25.2 Å². The molecule has 0 rings (SSSR count). The summed E-state index contributed by atoms with van der Waals surface area (Å²) in [5, 5.41) is 0. The van der Waals surface area contributed by atoms with Crippen molar-refractivity contribution in [3.63, 3.8) is 0 Å². The molecule has 0 atom stereocenters. The molecule has 0 aliphatic carbocycles. The molecule has 16 heavy (non-hydrogen) atoms. The first-order valence-electron chi connectivity index (χ1n) is 5.43. The lowest BCUT2D eigenvalue weighted by Gasteiger charge is -2.05. The van der Waals surface area contributed by atoms with E-state index in [1.165, 1.54) is 0 Å². The average molecular weight is 228 g/mol. The summed E-state index contributed by atoms with van der Waals surface area (Å²) in [5.41, 5.74) is 0. The SMILES string of the molecule is CC(C)C(=O)OC/C=C/COC(=O)C(C)C. The first kappa shape index (κ1) is 14.7. The van der Waals surface area contributed by atoms with Crippen LogP contribution < -0.4 is 0 Å². The minimum absolute atomic E-state index is 0.118. The Morgan fingerprint density at radius 3 is 1.44 bits per heavy atom. The molecule has 0 radical (unpaired) electrons. The molecule has 92 valence electrons. The minimum atomic E-state index is -0.233. The molecule has 0 N–H and O–H groups in total. The Balaban J connectivity index is 3.56. The number of ether oxygens (including phenoxy) is 2. The predicted molar refractivity (Wildman–Crippen MR) is 60.7 cm³/mol. The zero-order chi connectivity index (χ0) is 12.6. The lowest BCUT2D eigenvalue weighted by molar-refractivity contribution is -0.147. The standard InChI is InChI=1S/C12H20O4/c1-9(2)11(13)15-7-5-6-8-16-12(14)10(3)4/h5-6,9-10H,7-8H2,1-4H3/b6-5+. The Kier molecular flexibility index (Phi) is 7.25. The summed E-state index contributed by atoms with van der Waals surface area (Å²) in [5.74, 6) is -0.702.